The molecule has 0 bridgehead atoms. The van der Waals surface area contributed by atoms with Crippen molar-refractivity contribution in [2.75, 3.05) is 6.61 Å². The molecule has 148 valence electrons. The van der Waals surface area contributed by atoms with Crippen LogP contribution >= 0.6 is 0 Å². The van der Waals surface area contributed by atoms with Gasteiger partial charge >= 0.3 is 5.97 Å². The number of aromatic hydroxyl groups is 1. The van der Waals surface area contributed by atoms with E-state index in [0.717, 1.165) is 16.7 Å². The van der Waals surface area contributed by atoms with Crippen LogP contribution in [0.3, 0.4) is 0 Å². The van der Waals surface area contributed by atoms with Crippen molar-refractivity contribution >= 4 is 11.9 Å². The van der Waals surface area contributed by atoms with Crippen molar-refractivity contribution in [1.29, 1.82) is 0 Å². The first-order chi connectivity index (χ1) is 13.4. The summed E-state index contributed by atoms with van der Waals surface area (Å²) < 4.78 is 5.19. The van der Waals surface area contributed by atoms with Gasteiger partial charge < -0.3 is 9.84 Å². The average Bonchev–Trinajstić information content (AvgIpc) is 3.44. The van der Waals surface area contributed by atoms with E-state index in [2.05, 4.69) is 0 Å². The van der Waals surface area contributed by atoms with Gasteiger partial charge in [-0.2, -0.15) is 0 Å². The molecule has 1 amide bonds. The zero-order valence-electron chi connectivity index (χ0n) is 16.0. The van der Waals surface area contributed by atoms with E-state index in [1.165, 1.54) is 0 Å². The van der Waals surface area contributed by atoms with E-state index in [1.54, 1.807) is 24.5 Å². The van der Waals surface area contributed by atoms with Gasteiger partial charge in [-0.25, -0.2) is 5.48 Å². The molecule has 3 N–H and O–H groups in total. The summed E-state index contributed by atoms with van der Waals surface area (Å²) in [5.41, 5.74) is 3.31. The molecular formula is C22H25NO5. The quantitative estimate of drug-likeness (QED) is 0.388. The number of benzene rings is 2. The van der Waals surface area contributed by atoms with Crippen LogP contribution in [-0.4, -0.2) is 28.8 Å². The second-order valence-corrected chi connectivity index (χ2v) is 7.31. The normalized spacial score (nSPS) is 21.6. The highest BCUT2D eigenvalue weighted by molar-refractivity contribution is 5.93. The Morgan fingerprint density at radius 2 is 1.96 bits per heavy atom. The van der Waals surface area contributed by atoms with Gasteiger partial charge in [0.1, 0.15) is 5.75 Å². The second kappa shape index (κ2) is 8.02. The third-order valence-corrected chi connectivity index (χ3v) is 5.56. The minimum Gasteiger partial charge on any atom is -0.508 e. The number of hydrogen-bond donors (Lipinski definition) is 3. The van der Waals surface area contributed by atoms with E-state index >= 15 is 0 Å². The summed E-state index contributed by atoms with van der Waals surface area (Å²) in [6.45, 7) is 3.95. The summed E-state index contributed by atoms with van der Waals surface area (Å²) in [6.07, 6.45) is 0.626. The lowest BCUT2D eigenvalue weighted by Gasteiger charge is -2.19. The number of esters is 1. The minimum absolute atomic E-state index is 0.0320. The van der Waals surface area contributed by atoms with Crippen LogP contribution in [0.5, 0.6) is 5.75 Å². The van der Waals surface area contributed by atoms with Crippen LogP contribution in [-0.2, 0) is 20.7 Å². The fourth-order valence-electron chi connectivity index (χ4n) is 3.84. The van der Waals surface area contributed by atoms with Crippen LogP contribution < -0.4 is 5.48 Å². The van der Waals surface area contributed by atoms with Crippen LogP contribution in [0, 0.1) is 11.3 Å². The van der Waals surface area contributed by atoms with Crippen LogP contribution in [0.4, 0.5) is 0 Å². The summed E-state index contributed by atoms with van der Waals surface area (Å²) in [5.74, 6) is -1.49. The first-order valence-electron chi connectivity index (χ1n) is 9.41. The highest BCUT2D eigenvalue weighted by Crippen LogP contribution is 2.56. The Labute approximate surface area is 164 Å². The van der Waals surface area contributed by atoms with E-state index in [-0.39, 0.29) is 18.3 Å². The largest absolute Gasteiger partial charge is 0.508 e. The van der Waals surface area contributed by atoms with Crippen molar-refractivity contribution in [3.8, 4) is 5.75 Å². The molecule has 0 saturated heterocycles. The maximum absolute atomic E-state index is 12.5. The monoisotopic (exact) mass is 383 g/mol. The summed E-state index contributed by atoms with van der Waals surface area (Å²) in [6, 6.07) is 15.1. The van der Waals surface area contributed by atoms with Crippen LogP contribution in [0.2, 0.25) is 0 Å². The molecule has 0 heterocycles. The van der Waals surface area contributed by atoms with Gasteiger partial charge in [0, 0.05) is 11.5 Å². The number of phenols is 1. The number of hydrogen-bond acceptors (Lipinski definition) is 5. The predicted molar refractivity (Wildman–Crippen MR) is 103 cm³/mol. The first kappa shape index (κ1) is 19.9. The van der Waals surface area contributed by atoms with Crippen LogP contribution in [0.1, 0.15) is 42.9 Å². The third kappa shape index (κ3) is 3.73. The predicted octanol–water partition coefficient (Wildman–Crippen LogP) is 3.16. The minimum atomic E-state index is -0.979. The van der Waals surface area contributed by atoms with Crippen molar-refractivity contribution in [2.24, 2.45) is 11.3 Å². The van der Waals surface area contributed by atoms with Crippen molar-refractivity contribution in [1.82, 2.24) is 5.48 Å². The van der Waals surface area contributed by atoms with E-state index < -0.39 is 23.2 Å². The molecule has 28 heavy (non-hydrogen) atoms. The number of phenolic OH excluding ortho intramolecular Hbond substituents is 1. The van der Waals surface area contributed by atoms with Gasteiger partial charge in [-0.1, -0.05) is 49.4 Å². The lowest BCUT2D eigenvalue weighted by Crippen LogP contribution is -2.30. The van der Waals surface area contributed by atoms with Gasteiger partial charge in [-0.15, -0.1) is 0 Å². The molecule has 6 nitrogen and oxygen atoms in total. The fourth-order valence-corrected chi connectivity index (χ4v) is 3.84. The summed E-state index contributed by atoms with van der Waals surface area (Å²) >= 11 is 0. The van der Waals surface area contributed by atoms with Crippen LogP contribution in [0.15, 0.2) is 48.5 Å². The van der Waals surface area contributed by atoms with Crippen molar-refractivity contribution in [3.63, 3.8) is 0 Å². The Morgan fingerprint density at radius 3 is 2.61 bits per heavy atom. The summed E-state index contributed by atoms with van der Waals surface area (Å²) in [4.78, 5) is 24.4. The molecule has 3 rings (SSSR count). The topological polar surface area (TPSA) is 95.9 Å². The lowest BCUT2D eigenvalue weighted by atomic mass is 9.88. The SMILES string of the molecule is CCOC(=O)[C@@]1(Cc2ccc(O)c(C(C)c3ccccc3)c2)C[C@@H]1C(=O)NO. The summed E-state index contributed by atoms with van der Waals surface area (Å²) in [5, 5.41) is 19.3. The number of amides is 1. The number of carbonyl (C=O) groups is 2. The number of nitrogens with one attached hydrogen (secondary N) is 1. The molecule has 1 saturated carbocycles. The van der Waals surface area contributed by atoms with E-state index in [0.29, 0.717) is 12.8 Å². The number of ether oxygens (including phenoxy) is 1. The molecule has 1 aliphatic carbocycles. The van der Waals surface area contributed by atoms with Crippen molar-refractivity contribution in [3.05, 3.63) is 65.2 Å². The Bertz CT molecular complexity index is 866. The van der Waals surface area contributed by atoms with Gasteiger partial charge in [0.15, 0.2) is 0 Å². The van der Waals surface area contributed by atoms with E-state index in [1.807, 2.05) is 43.3 Å². The maximum Gasteiger partial charge on any atom is 0.313 e. The van der Waals surface area contributed by atoms with Crippen LogP contribution in [0.25, 0.3) is 0 Å². The zero-order chi connectivity index (χ0) is 20.3. The highest BCUT2D eigenvalue weighted by atomic mass is 16.5. The van der Waals surface area contributed by atoms with Crippen molar-refractivity contribution < 1.29 is 24.6 Å². The van der Waals surface area contributed by atoms with Gasteiger partial charge in [0.25, 0.3) is 0 Å². The fraction of sp³-hybridized carbons (Fsp3) is 0.364. The molecule has 1 unspecified atom stereocenters. The standard InChI is InChI=1S/C22H25NO5/c1-3-28-21(26)22(13-18(22)20(25)23-27)12-15-9-10-19(24)17(11-15)14(2)16-7-5-4-6-8-16/h4-11,14,18,24,27H,3,12-13H2,1-2H3,(H,23,25)/t14?,18-,22+/m1/s1. The molecule has 0 aliphatic heterocycles. The maximum atomic E-state index is 12.5. The molecule has 0 spiro atoms. The van der Waals surface area contributed by atoms with Gasteiger partial charge in [-0.05, 0) is 37.0 Å². The highest BCUT2D eigenvalue weighted by Gasteiger charge is 2.64. The molecule has 3 atom stereocenters. The molecule has 0 aromatic heterocycles. The van der Waals surface area contributed by atoms with E-state index in [4.69, 9.17) is 9.94 Å². The van der Waals surface area contributed by atoms with E-state index in [9.17, 15) is 14.7 Å². The Morgan fingerprint density at radius 1 is 1.25 bits per heavy atom. The van der Waals surface area contributed by atoms with Gasteiger partial charge in [0.05, 0.1) is 17.9 Å². The summed E-state index contributed by atoms with van der Waals surface area (Å²) in [7, 11) is 0. The zero-order valence-corrected chi connectivity index (χ0v) is 16.0. The van der Waals surface area contributed by atoms with Gasteiger partial charge in [0.2, 0.25) is 5.91 Å². The number of carbonyl (C=O) groups excluding carboxylic acids is 2. The number of hydroxylamine groups is 1. The molecule has 6 heteroatoms. The second-order valence-electron chi connectivity index (χ2n) is 7.31. The number of rotatable bonds is 7. The molecule has 1 aliphatic rings. The Balaban J connectivity index is 1.89. The Hall–Kier alpha value is -2.86. The lowest BCUT2D eigenvalue weighted by molar-refractivity contribution is -0.152. The molecule has 0 radical (unpaired) electrons. The average molecular weight is 383 g/mol. The van der Waals surface area contributed by atoms with Gasteiger partial charge in [-0.3, -0.25) is 14.8 Å². The molecular weight excluding hydrogens is 358 g/mol. The Kier molecular flexibility index (Phi) is 5.70. The molecule has 1 fully saturated rings. The smallest absolute Gasteiger partial charge is 0.313 e. The third-order valence-electron chi connectivity index (χ3n) is 5.56. The molecule has 2 aromatic carbocycles. The van der Waals surface area contributed by atoms with Crippen molar-refractivity contribution in [2.45, 2.75) is 32.6 Å². The first-order valence-corrected chi connectivity index (χ1v) is 9.41. The molecule has 2 aromatic rings.